The predicted octanol–water partition coefficient (Wildman–Crippen LogP) is 1.94. The fraction of sp³-hybridized carbons (Fsp3) is 0.533. The number of hydrogen-bond donors (Lipinski definition) is 0. The Hall–Kier alpha value is -0.920. The molecular formula is C15H19BrN2O3S. The molecule has 1 saturated heterocycles. The van der Waals surface area contributed by atoms with Crippen molar-refractivity contribution in [2.45, 2.75) is 18.2 Å². The topological polar surface area (TPSA) is 57.7 Å². The minimum absolute atomic E-state index is 0.160. The molecule has 1 amide bonds. The first-order chi connectivity index (χ1) is 10.4. The molecule has 5 nitrogen and oxygen atoms in total. The lowest BCUT2D eigenvalue weighted by molar-refractivity contribution is -0.134. The van der Waals surface area contributed by atoms with Gasteiger partial charge in [0.15, 0.2) is 0 Å². The first-order valence-electron chi connectivity index (χ1n) is 7.44. The summed E-state index contributed by atoms with van der Waals surface area (Å²) in [5.41, 5.74) is 0. The van der Waals surface area contributed by atoms with Crippen LogP contribution in [0, 0.1) is 11.8 Å². The lowest BCUT2D eigenvalue weighted by Gasteiger charge is -2.34. The number of halogens is 1. The largest absolute Gasteiger partial charge is 0.340 e. The summed E-state index contributed by atoms with van der Waals surface area (Å²) in [6.45, 7) is 3.77. The van der Waals surface area contributed by atoms with E-state index in [2.05, 4.69) is 22.9 Å². The van der Waals surface area contributed by atoms with Gasteiger partial charge in [-0.1, -0.05) is 28.9 Å². The third-order valence-electron chi connectivity index (χ3n) is 4.41. The molecule has 120 valence electrons. The van der Waals surface area contributed by atoms with Crippen LogP contribution in [0.5, 0.6) is 0 Å². The van der Waals surface area contributed by atoms with Crippen LogP contribution in [0.2, 0.25) is 0 Å². The quantitative estimate of drug-likeness (QED) is 0.797. The molecule has 3 rings (SSSR count). The van der Waals surface area contributed by atoms with E-state index < -0.39 is 10.0 Å². The standard InChI is InChI=1S/C15H19BrN2O3S/c1-11-9-14(11)15(19)17-5-7-18(8-6-17)22(20,21)13-4-2-3-12(16)10-13/h2-4,10-11,14H,5-9H2,1H3/t11-,14+/m1/s1. The van der Waals surface area contributed by atoms with E-state index in [1.165, 1.54) is 4.31 Å². The Morgan fingerprint density at radius 1 is 1.23 bits per heavy atom. The van der Waals surface area contributed by atoms with Gasteiger partial charge in [0.2, 0.25) is 15.9 Å². The van der Waals surface area contributed by atoms with E-state index in [0.717, 1.165) is 10.9 Å². The van der Waals surface area contributed by atoms with Crippen LogP contribution in [0.25, 0.3) is 0 Å². The molecule has 2 atom stereocenters. The van der Waals surface area contributed by atoms with Gasteiger partial charge in [0, 0.05) is 36.6 Å². The zero-order valence-electron chi connectivity index (χ0n) is 12.4. The molecule has 2 aliphatic rings. The van der Waals surface area contributed by atoms with Crippen molar-refractivity contribution in [3.8, 4) is 0 Å². The minimum Gasteiger partial charge on any atom is -0.340 e. The molecule has 1 aromatic carbocycles. The smallest absolute Gasteiger partial charge is 0.243 e. The van der Waals surface area contributed by atoms with Gasteiger partial charge in [-0.25, -0.2) is 8.42 Å². The third kappa shape index (κ3) is 3.07. The van der Waals surface area contributed by atoms with Gasteiger partial charge in [-0.2, -0.15) is 4.31 Å². The normalized spacial score (nSPS) is 26.0. The molecule has 0 unspecified atom stereocenters. The van der Waals surface area contributed by atoms with Gasteiger partial charge in [0.05, 0.1) is 4.90 Å². The molecule has 1 aromatic rings. The summed E-state index contributed by atoms with van der Waals surface area (Å²) >= 11 is 3.30. The molecule has 0 N–H and O–H groups in total. The maximum Gasteiger partial charge on any atom is 0.243 e. The molecule has 0 aromatic heterocycles. The van der Waals surface area contributed by atoms with Crippen molar-refractivity contribution in [1.82, 2.24) is 9.21 Å². The first-order valence-corrected chi connectivity index (χ1v) is 9.67. The lowest BCUT2D eigenvalue weighted by atomic mass is 10.2. The van der Waals surface area contributed by atoms with E-state index in [4.69, 9.17) is 0 Å². The molecule has 1 aliphatic heterocycles. The molecule has 0 bridgehead atoms. The van der Waals surface area contributed by atoms with Gasteiger partial charge in [-0.3, -0.25) is 4.79 Å². The van der Waals surface area contributed by atoms with E-state index in [0.29, 0.717) is 32.1 Å². The van der Waals surface area contributed by atoms with E-state index >= 15 is 0 Å². The van der Waals surface area contributed by atoms with Crippen molar-refractivity contribution in [1.29, 1.82) is 0 Å². The van der Waals surface area contributed by atoms with Crippen molar-refractivity contribution >= 4 is 31.9 Å². The molecule has 1 aliphatic carbocycles. The van der Waals surface area contributed by atoms with E-state index in [9.17, 15) is 13.2 Å². The number of sulfonamides is 1. The third-order valence-corrected chi connectivity index (χ3v) is 6.80. The number of carbonyl (C=O) groups is 1. The van der Waals surface area contributed by atoms with Crippen LogP contribution in [-0.4, -0.2) is 49.7 Å². The first kappa shape index (κ1) is 16.0. The second kappa shape index (κ2) is 5.94. The second-order valence-electron chi connectivity index (χ2n) is 6.01. The molecule has 0 spiro atoms. The fourth-order valence-corrected chi connectivity index (χ4v) is 4.85. The fourth-order valence-electron chi connectivity index (χ4n) is 2.83. The van der Waals surface area contributed by atoms with Gasteiger partial charge in [-0.15, -0.1) is 0 Å². The van der Waals surface area contributed by atoms with Gasteiger partial charge in [0.25, 0.3) is 0 Å². The number of nitrogens with zero attached hydrogens (tertiary/aromatic N) is 2. The van der Waals surface area contributed by atoms with Gasteiger partial charge in [0.1, 0.15) is 0 Å². The van der Waals surface area contributed by atoms with Crippen molar-refractivity contribution in [2.24, 2.45) is 11.8 Å². The molecule has 2 fully saturated rings. The monoisotopic (exact) mass is 386 g/mol. The zero-order chi connectivity index (χ0) is 15.9. The Balaban J connectivity index is 1.67. The van der Waals surface area contributed by atoms with Crippen molar-refractivity contribution in [3.63, 3.8) is 0 Å². The van der Waals surface area contributed by atoms with Crippen LogP contribution in [-0.2, 0) is 14.8 Å². The molecular weight excluding hydrogens is 368 g/mol. The summed E-state index contributed by atoms with van der Waals surface area (Å²) in [7, 11) is -3.48. The summed E-state index contributed by atoms with van der Waals surface area (Å²) in [5, 5.41) is 0. The average molecular weight is 387 g/mol. The Kier molecular flexibility index (Phi) is 4.31. The summed E-state index contributed by atoms with van der Waals surface area (Å²) in [6, 6.07) is 6.72. The Bertz CT molecular complexity index is 684. The van der Waals surface area contributed by atoms with Crippen molar-refractivity contribution < 1.29 is 13.2 Å². The highest BCUT2D eigenvalue weighted by atomic mass is 79.9. The maximum absolute atomic E-state index is 12.6. The number of hydrogen-bond acceptors (Lipinski definition) is 3. The predicted molar refractivity (Wildman–Crippen MR) is 86.8 cm³/mol. The van der Waals surface area contributed by atoms with Crippen molar-refractivity contribution in [2.75, 3.05) is 26.2 Å². The van der Waals surface area contributed by atoms with Gasteiger partial charge in [-0.05, 0) is 30.5 Å². The Morgan fingerprint density at radius 3 is 2.41 bits per heavy atom. The van der Waals surface area contributed by atoms with E-state index in [-0.39, 0.29) is 16.7 Å². The molecule has 1 saturated carbocycles. The molecule has 1 heterocycles. The molecule has 0 radical (unpaired) electrons. The summed E-state index contributed by atoms with van der Waals surface area (Å²) < 4.78 is 27.4. The average Bonchev–Trinajstić information content (AvgIpc) is 3.23. The summed E-state index contributed by atoms with van der Waals surface area (Å²) in [5.74, 6) is 0.830. The number of piperazine rings is 1. The maximum atomic E-state index is 12.6. The van der Waals surface area contributed by atoms with Crippen LogP contribution in [0.1, 0.15) is 13.3 Å². The highest BCUT2D eigenvalue weighted by Gasteiger charge is 2.42. The highest BCUT2D eigenvalue weighted by molar-refractivity contribution is 9.10. The number of carbonyl (C=O) groups excluding carboxylic acids is 1. The van der Waals surface area contributed by atoms with Gasteiger partial charge >= 0.3 is 0 Å². The van der Waals surface area contributed by atoms with Crippen LogP contribution >= 0.6 is 15.9 Å². The molecule has 22 heavy (non-hydrogen) atoms. The van der Waals surface area contributed by atoms with Crippen LogP contribution in [0.15, 0.2) is 33.6 Å². The molecule has 7 heteroatoms. The second-order valence-corrected chi connectivity index (χ2v) is 8.86. The van der Waals surface area contributed by atoms with E-state index in [1.54, 1.807) is 29.2 Å². The summed E-state index contributed by atoms with van der Waals surface area (Å²) in [6.07, 6.45) is 0.968. The van der Waals surface area contributed by atoms with Crippen LogP contribution < -0.4 is 0 Å². The SMILES string of the molecule is C[C@@H]1C[C@@H]1C(=O)N1CCN(S(=O)(=O)c2cccc(Br)c2)CC1. The van der Waals surface area contributed by atoms with Crippen LogP contribution in [0.4, 0.5) is 0 Å². The number of rotatable bonds is 3. The zero-order valence-corrected chi connectivity index (χ0v) is 14.8. The minimum atomic E-state index is -3.48. The summed E-state index contributed by atoms with van der Waals surface area (Å²) in [4.78, 5) is 14.3. The Morgan fingerprint density at radius 2 is 1.86 bits per heavy atom. The Labute approximate surface area is 139 Å². The number of amides is 1. The van der Waals surface area contributed by atoms with Crippen LogP contribution in [0.3, 0.4) is 0 Å². The van der Waals surface area contributed by atoms with Gasteiger partial charge < -0.3 is 4.90 Å². The highest BCUT2D eigenvalue weighted by Crippen LogP contribution is 2.39. The number of benzene rings is 1. The lowest BCUT2D eigenvalue weighted by Crippen LogP contribution is -2.51. The van der Waals surface area contributed by atoms with Crippen molar-refractivity contribution in [3.05, 3.63) is 28.7 Å². The van der Waals surface area contributed by atoms with E-state index in [1.807, 2.05) is 0 Å².